The number of nitrogens with zero attached hydrogens (tertiary/aromatic N) is 2. The number of halogens is 3. The molecule has 0 saturated carbocycles. The molecular weight excluding hydrogens is 654 g/mol. The van der Waals surface area contributed by atoms with Gasteiger partial charge in [-0.3, -0.25) is 19.5 Å². The molecule has 1 heterocycles. The zero-order valence-corrected chi connectivity index (χ0v) is 23.1. The van der Waals surface area contributed by atoms with Crippen molar-refractivity contribution in [3.8, 4) is 0 Å². The minimum absolute atomic E-state index is 0.0241. The largest absolute Gasteiger partial charge is 0.480 e. The normalized spacial score (nSPS) is 12.2. The maximum absolute atomic E-state index is 13.3. The van der Waals surface area contributed by atoms with Crippen molar-refractivity contribution in [2.24, 2.45) is 0 Å². The number of carboxylic acid groups (broad SMARTS) is 1. The summed E-state index contributed by atoms with van der Waals surface area (Å²) in [5, 5.41) is 12.7. The molecule has 4 aromatic rings. The van der Waals surface area contributed by atoms with Gasteiger partial charge in [0.1, 0.15) is 16.5 Å². The van der Waals surface area contributed by atoms with Crippen molar-refractivity contribution in [1.29, 1.82) is 0 Å². The molecule has 0 aliphatic carbocycles. The molecule has 4 rings (SSSR count). The van der Waals surface area contributed by atoms with Crippen LogP contribution in [-0.4, -0.2) is 41.4 Å². The average molecular weight is 671 g/mol. The molecule has 1 amide bonds. The lowest BCUT2D eigenvalue weighted by atomic mass is 10.1. The van der Waals surface area contributed by atoms with E-state index in [1.54, 1.807) is 18.2 Å². The lowest BCUT2D eigenvalue weighted by Crippen LogP contribution is -2.42. The molecule has 0 spiro atoms. The Morgan fingerprint density at radius 2 is 1.76 bits per heavy atom. The molecular formula is C24H17Cl2IN4O5S. The quantitative estimate of drug-likeness (QED) is 0.230. The fraction of sp³-hybridized carbons (Fsp3) is 0.0833. The van der Waals surface area contributed by atoms with Gasteiger partial charge in [0.15, 0.2) is 0 Å². The van der Waals surface area contributed by atoms with Crippen LogP contribution in [0.4, 0.5) is 5.69 Å². The average Bonchev–Trinajstić information content (AvgIpc) is 2.85. The zero-order valence-electron chi connectivity index (χ0n) is 18.7. The molecule has 1 aromatic heterocycles. The number of hydrogen-bond acceptors (Lipinski definition) is 6. The Morgan fingerprint density at radius 1 is 1.00 bits per heavy atom. The molecule has 0 saturated heterocycles. The van der Waals surface area contributed by atoms with Crippen LogP contribution in [0.1, 0.15) is 15.9 Å². The number of carbonyl (C=O) groups is 2. The van der Waals surface area contributed by atoms with Crippen molar-refractivity contribution in [3.05, 3.63) is 91.7 Å². The SMILES string of the molecule is O=C(N[C@@H](Cc1ccc(Cl)c(Cl)c1)C(=O)O)c1ccc(I)cc1NS(=O)(=O)c1cccc2nccnc12. The van der Waals surface area contributed by atoms with Crippen LogP contribution in [0, 0.1) is 3.57 Å². The molecule has 1 atom stereocenters. The van der Waals surface area contributed by atoms with Crippen molar-refractivity contribution in [2.45, 2.75) is 17.4 Å². The first kappa shape index (κ1) is 27.0. The summed E-state index contributed by atoms with van der Waals surface area (Å²) in [5.74, 6) is -2.05. The van der Waals surface area contributed by atoms with Gasteiger partial charge in [0, 0.05) is 22.4 Å². The highest BCUT2D eigenvalue weighted by Gasteiger charge is 2.25. The van der Waals surface area contributed by atoms with E-state index in [-0.39, 0.29) is 33.1 Å². The Kier molecular flexibility index (Phi) is 8.17. The molecule has 0 aliphatic rings. The number of sulfonamides is 1. The first-order chi connectivity index (χ1) is 17.5. The fourth-order valence-electron chi connectivity index (χ4n) is 3.52. The topological polar surface area (TPSA) is 138 Å². The van der Waals surface area contributed by atoms with Crippen molar-refractivity contribution in [1.82, 2.24) is 15.3 Å². The predicted octanol–water partition coefficient (Wildman–Crippen LogP) is 4.77. The Balaban J connectivity index is 1.63. The van der Waals surface area contributed by atoms with E-state index >= 15 is 0 Å². The van der Waals surface area contributed by atoms with Crippen LogP contribution in [0.15, 0.2) is 71.9 Å². The van der Waals surface area contributed by atoms with Crippen LogP contribution >= 0.6 is 45.8 Å². The number of aliphatic carboxylic acids is 1. The van der Waals surface area contributed by atoms with Gasteiger partial charge in [0.2, 0.25) is 0 Å². The number of nitrogens with one attached hydrogen (secondary N) is 2. The Morgan fingerprint density at radius 3 is 2.49 bits per heavy atom. The summed E-state index contributed by atoms with van der Waals surface area (Å²) in [6, 6.07) is 12.4. The van der Waals surface area contributed by atoms with Crippen molar-refractivity contribution in [3.63, 3.8) is 0 Å². The summed E-state index contributed by atoms with van der Waals surface area (Å²) >= 11 is 13.9. The summed E-state index contributed by atoms with van der Waals surface area (Å²) in [6.07, 6.45) is 2.76. The van der Waals surface area contributed by atoms with E-state index in [2.05, 4.69) is 20.0 Å². The summed E-state index contributed by atoms with van der Waals surface area (Å²) in [5.41, 5.74) is 1.02. The molecule has 3 aromatic carbocycles. The van der Waals surface area contributed by atoms with Gasteiger partial charge in [-0.1, -0.05) is 35.3 Å². The maximum Gasteiger partial charge on any atom is 0.326 e. The van der Waals surface area contributed by atoms with Gasteiger partial charge in [-0.25, -0.2) is 13.2 Å². The van der Waals surface area contributed by atoms with Crippen LogP contribution in [-0.2, 0) is 21.2 Å². The van der Waals surface area contributed by atoms with E-state index in [0.717, 1.165) is 0 Å². The number of amides is 1. The molecule has 9 nitrogen and oxygen atoms in total. The van der Waals surface area contributed by atoms with Crippen molar-refractivity contribution in [2.75, 3.05) is 4.72 Å². The van der Waals surface area contributed by atoms with Gasteiger partial charge >= 0.3 is 5.97 Å². The number of aromatic nitrogens is 2. The van der Waals surface area contributed by atoms with Gasteiger partial charge in [-0.15, -0.1) is 0 Å². The van der Waals surface area contributed by atoms with Gasteiger partial charge < -0.3 is 10.4 Å². The second-order valence-electron chi connectivity index (χ2n) is 7.79. The van der Waals surface area contributed by atoms with Gasteiger partial charge in [0.05, 0.1) is 26.8 Å². The number of rotatable bonds is 8. The molecule has 13 heteroatoms. The zero-order chi connectivity index (χ0) is 26.7. The first-order valence-electron chi connectivity index (χ1n) is 10.5. The Bertz CT molecular complexity index is 1630. The van der Waals surface area contributed by atoms with Gasteiger partial charge in [-0.2, -0.15) is 0 Å². The summed E-state index contributed by atoms with van der Waals surface area (Å²) in [4.78, 5) is 33.2. The van der Waals surface area contributed by atoms with Crippen LogP contribution in [0.5, 0.6) is 0 Å². The smallest absolute Gasteiger partial charge is 0.326 e. The monoisotopic (exact) mass is 670 g/mol. The molecule has 37 heavy (non-hydrogen) atoms. The Hall–Kier alpha value is -3.00. The van der Waals surface area contributed by atoms with Crippen LogP contribution < -0.4 is 10.0 Å². The highest BCUT2D eigenvalue weighted by atomic mass is 127. The number of para-hydroxylation sites is 1. The molecule has 190 valence electrons. The molecule has 3 N–H and O–H groups in total. The van der Waals surface area contributed by atoms with E-state index < -0.39 is 27.9 Å². The van der Waals surface area contributed by atoms with E-state index in [4.69, 9.17) is 23.2 Å². The third-order valence-electron chi connectivity index (χ3n) is 5.25. The highest BCUT2D eigenvalue weighted by molar-refractivity contribution is 14.1. The Labute approximate surface area is 235 Å². The fourth-order valence-corrected chi connectivity index (χ4v) is 5.57. The van der Waals surface area contributed by atoms with Gasteiger partial charge in [0.25, 0.3) is 15.9 Å². The molecule has 0 aliphatic heterocycles. The minimum atomic E-state index is -4.19. The minimum Gasteiger partial charge on any atom is -0.480 e. The third-order valence-corrected chi connectivity index (χ3v) is 8.06. The lowest BCUT2D eigenvalue weighted by Gasteiger charge is -2.18. The summed E-state index contributed by atoms with van der Waals surface area (Å²) in [6.45, 7) is 0. The maximum atomic E-state index is 13.3. The summed E-state index contributed by atoms with van der Waals surface area (Å²) in [7, 11) is -4.19. The van der Waals surface area contributed by atoms with Crippen molar-refractivity contribution < 1.29 is 23.1 Å². The third kappa shape index (κ3) is 6.29. The van der Waals surface area contributed by atoms with Crippen LogP contribution in [0.2, 0.25) is 10.0 Å². The number of fused-ring (bicyclic) bond motifs is 1. The number of carbonyl (C=O) groups excluding carboxylic acids is 1. The first-order valence-corrected chi connectivity index (χ1v) is 13.9. The predicted molar refractivity (Wildman–Crippen MR) is 149 cm³/mol. The summed E-state index contributed by atoms with van der Waals surface area (Å²) < 4.78 is 29.7. The van der Waals surface area contributed by atoms with E-state index in [1.165, 1.54) is 48.8 Å². The lowest BCUT2D eigenvalue weighted by molar-refractivity contribution is -0.139. The molecule has 0 radical (unpaired) electrons. The van der Waals surface area contributed by atoms with Gasteiger partial charge in [-0.05, 0) is 70.6 Å². The number of hydrogen-bond donors (Lipinski definition) is 3. The van der Waals surface area contributed by atoms with E-state index in [9.17, 15) is 23.1 Å². The van der Waals surface area contributed by atoms with Crippen molar-refractivity contribution >= 4 is 84.4 Å². The highest BCUT2D eigenvalue weighted by Crippen LogP contribution is 2.27. The second kappa shape index (κ2) is 11.2. The van der Waals surface area contributed by atoms with E-state index in [1.807, 2.05) is 22.6 Å². The number of benzene rings is 3. The van der Waals surface area contributed by atoms with Crippen LogP contribution in [0.25, 0.3) is 11.0 Å². The number of anilines is 1. The molecule has 0 fully saturated rings. The standard InChI is InChI=1S/C24H17Cl2IN4O5S/c25-16-7-4-13(10-17(16)26)11-20(24(33)34)30-23(32)15-6-5-14(27)12-19(15)31-37(35,36)21-3-1-2-18-22(21)29-9-8-28-18/h1-10,12,20,31H,11H2,(H,30,32)(H,33,34)/t20-/m0/s1. The molecule has 0 unspecified atom stereocenters. The number of carboxylic acids is 1. The van der Waals surface area contributed by atoms with E-state index in [0.29, 0.717) is 19.7 Å². The molecule has 0 bridgehead atoms. The second-order valence-corrected chi connectivity index (χ2v) is 11.5. The van der Waals surface area contributed by atoms with Crippen LogP contribution in [0.3, 0.4) is 0 Å².